The summed E-state index contributed by atoms with van der Waals surface area (Å²) < 4.78 is 29.9. The number of nitrogens with zero attached hydrogens (tertiary/aromatic N) is 3. The number of aromatic nitrogens is 2. The van der Waals surface area contributed by atoms with Crippen molar-refractivity contribution in [2.45, 2.75) is 57.4 Å². The van der Waals surface area contributed by atoms with Crippen LogP contribution in [0.3, 0.4) is 0 Å². The third-order valence-corrected chi connectivity index (χ3v) is 6.96. The zero-order valence-electron chi connectivity index (χ0n) is 13.4. The van der Waals surface area contributed by atoms with Crippen molar-refractivity contribution in [3.8, 4) is 0 Å². The van der Waals surface area contributed by atoms with Crippen LogP contribution in [0.1, 0.15) is 56.0 Å². The van der Waals surface area contributed by atoms with E-state index in [-0.39, 0.29) is 5.92 Å². The Labute approximate surface area is 136 Å². The first kappa shape index (κ1) is 16.0. The van der Waals surface area contributed by atoms with E-state index < -0.39 is 10.0 Å². The SMILES string of the molecule is Cc1cn2c(S(=O)(=O)N3CCCCCC3)c(C(C)C)nc2s1. The van der Waals surface area contributed by atoms with Crippen LogP contribution in [-0.4, -0.2) is 35.2 Å². The number of rotatable bonds is 3. The fraction of sp³-hybridized carbons (Fsp3) is 0.667. The van der Waals surface area contributed by atoms with Crippen LogP contribution in [0, 0.1) is 6.92 Å². The van der Waals surface area contributed by atoms with Crippen molar-refractivity contribution in [2.24, 2.45) is 0 Å². The molecule has 0 bridgehead atoms. The van der Waals surface area contributed by atoms with Crippen LogP contribution in [0.2, 0.25) is 0 Å². The third kappa shape index (κ3) is 2.70. The maximum absolute atomic E-state index is 13.2. The van der Waals surface area contributed by atoms with Crippen molar-refractivity contribution >= 4 is 26.3 Å². The number of hydrogen-bond donors (Lipinski definition) is 0. The highest BCUT2D eigenvalue weighted by Crippen LogP contribution is 2.31. The Bertz CT molecular complexity index is 766. The Morgan fingerprint density at radius 2 is 1.82 bits per heavy atom. The lowest BCUT2D eigenvalue weighted by atomic mass is 10.2. The molecule has 122 valence electrons. The van der Waals surface area contributed by atoms with Crippen LogP contribution in [0.25, 0.3) is 4.96 Å². The molecule has 2 aromatic heterocycles. The van der Waals surface area contributed by atoms with Crippen LogP contribution >= 0.6 is 11.3 Å². The van der Waals surface area contributed by atoms with Gasteiger partial charge in [-0.3, -0.25) is 4.40 Å². The van der Waals surface area contributed by atoms with Crippen LogP contribution in [0.5, 0.6) is 0 Å². The van der Waals surface area contributed by atoms with Gasteiger partial charge in [-0.05, 0) is 25.7 Å². The second kappa shape index (κ2) is 5.94. The van der Waals surface area contributed by atoms with Crippen LogP contribution in [0.15, 0.2) is 11.2 Å². The standard InChI is InChI=1S/C15H23N3O2S2/c1-11(2)13-14(18-10-12(3)21-15(18)16-13)22(19,20)17-8-6-4-5-7-9-17/h10-11H,4-9H2,1-3H3. The summed E-state index contributed by atoms with van der Waals surface area (Å²) in [6.45, 7) is 7.23. The quantitative estimate of drug-likeness (QED) is 0.860. The summed E-state index contributed by atoms with van der Waals surface area (Å²) in [5.74, 6) is 0.0872. The number of fused-ring (bicyclic) bond motifs is 1. The van der Waals surface area contributed by atoms with Crippen molar-refractivity contribution in [2.75, 3.05) is 13.1 Å². The summed E-state index contributed by atoms with van der Waals surface area (Å²) in [4.78, 5) is 6.44. The van der Waals surface area contributed by atoms with Crippen LogP contribution in [0.4, 0.5) is 0 Å². The molecule has 22 heavy (non-hydrogen) atoms. The highest BCUT2D eigenvalue weighted by atomic mass is 32.2. The maximum atomic E-state index is 13.2. The van der Waals surface area contributed by atoms with E-state index in [4.69, 9.17) is 0 Å². The van der Waals surface area contributed by atoms with E-state index in [1.165, 1.54) is 0 Å². The molecule has 0 aliphatic carbocycles. The minimum Gasteiger partial charge on any atom is -0.279 e. The van der Waals surface area contributed by atoms with Gasteiger partial charge in [-0.15, -0.1) is 11.3 Å². The molecule has 0 radical (unpaired) electrons. The first-order valence-electron chi connectivity index (χ1n) is 7.90. The third-order valence-electron chi connectivity index (χ3n) is 4.12. The van der Waals surface area contributed by atoms with E-state index in [0.717, 1.165) is 35.5 Å². The van der Waals surface area contributed by atoms with Crippen LogP contribution < -0.4 is 0 Å². The zero-order chi connectivity index (χ0) is 15.9. The highest BCUT2D eigenvalue weighted by Gasteiger charge is 2.33. The predicted octanol–water partition coefficient (Wildman–Crippen LogP) is 3.39. The molecular weight excluding hydrogens is 318 g/mol. The lowest BCUT2D eigenvalue weighted by Gasteiger charge is -2.20. The fourth-order valence-corrected chi connectivity index (χ4v) is 5.80. The normalized spacial score (nSPS) is 18.2. The molecular formula is C15H23N3O2S2. The minimum atomic E-state index is -3.49. The van der Waals surface area contributed by atoms with E-state index in [9.17, 15) is 8.42 Å². The van der Waals surface area contributed by atoms with Gasteiger partial charge in [-0.2, -0.15) is 4.31 Å². The summed E-state index contributed by atoms with van der Waals surface area (Å²) in [5, 5.41) is 0.378. The van der Waals surface area contributed by atoms with Gasteiger partial charge in [0.1, 0.15) is 0 Å². The monoisotopic (exact) mass is 341 g/mol. The predicted molar refractivity (Wildman–Crippen MR) is 89.1 cm³/mol. The zero-order valence-corrected chi connectivity index (χ0v) is 15.0. The van der Waals surface area contributed by atoms with Crippen molar-refractivity contribution in [1.82, 2.24) is 13.7 Å². The molecule has 1 aliphatic rings. The summed E-state index contributed by atoms with van der Waals surface area (Å²) >= 11 is 1.54. The van der Waals surface area contributed by atoms with E-state index in [2.05, 4.69) is 4.98 Å². The second-order valence-electron chi connectivity index (χ2n) is 6.27. The first-order valence-corrected chi connectivity index (χ1v) is 10.2. The molecule has 0 saturated carbocycles. The average Bonchev–Trinajstić information content (AvgIpc) is 2.82. The van der Waals surface area contributed by atoms with Crippen molar-refractivity contribution in [3.63, 3.8) is 0 Å². The lowest BCUT2D eigenvalue weighted by molar-refractivity contribution is 0.420. The van der Waals surface area contributed by atoms with E-state index in [1.807, 2.05) is 27.0 Å². The smallest absolute Gasteiger partial charge is 0.261 e. The summed E-state index contributed by atoms with van der Waals surface area (Å²) in [6.07, 6.45) is 6.01. The van der Waals surface area contributed by atoms with Crippen molar-refractivity contribution in [3.05, 3.63) is 16.8 Å². The molecule has 0 unspecified atom stereocenters. The molecule has 0 atom stereocenters. The van der Waals surface area contributed by atoms with E-state index in [1.54, 1.807) is 20.0 Å². The second-order valence-corrected chi connectivity index (χ2v) is 9.34. The summed E-state index contributed by atoms with van der Waals surface area (Å²) in [5.41, 5.74) is 0.690. The number of thiazole rings is 1. The molecule has 0 N–H and O–H groups in total. The fourth-order valence-electron chi connectivity index (χ4n) is 2.99. The van der Waals surface area contributed by atoms with Gasteiger partial charge in [0.05, 0.1) is 5.69 Å². The van der Waals surface area contributed by atoms with Gasteiger partial charge in [0.25, 0.3) is 10.0 Å². The Morgan fingerprint density at radius 3 is 2.41 bits per heavy atom. The first-order chi connectivity index (χ1) is 10.4. The van der Waals surface area contributed by atoms with E-state index in [0.29, 0.717) is 23.8 Å². The number of hydrogen-bond acceptors (Lipinski definition) is 4. The molecule has 2 aromatic rings. The molecule has 0 spiro atoms. The van der Waals surface area contributed by atoms with Gasteiger partial charge in [0.2, 0.25) is 0 Å². The molecule has 1 aliphatic heterocycles. The number of imidazole rings is 1. The average molecular weight is 342 g/mol. The van der Waals surface area contributed by atoms with Gasteiger partial charge in [0, 0.05) is 24.2 Å². The van der Waals surface area contributed by atoms with E-state index >= 15 is 0 Å². The van der Waals surface area contributed by atoms with Crippen molar-refractivity contribution in [1.29, 1.82) is 0 Å². The Hall–Kier alpha value is -0.920. The highest BCUT2D eigenvalue weighted by molar-refractivity contribution is 7.89. The molecule has 0 amide bonds. The van der Waals surface area contributed by atoms with Gasteiger partial charge in [0.15, 0.2) is 9.99 Å². The Morgan fingerprint density at radius 1 is 1.18 bits per heavy atom. The van der Waals surface area contributed by atoms with Gasteiger partial charge >= 0.3 is 0 Å². The summed E-state index contributed by atoms with van der Waals surface area (Å²) in [6, 6.07) is 0. The summed E-state index contributed by atoms with van der Waals surface area (Å²) in [7, 11) is -3.49. The van der Waals surface area contributed by atoms with Gasteiger partial charge in [-0.1, -0.05) is 26.7 Å². The van der Waals surface area contributed by atoms with Gasteiger partial charge in [-0.25, -0.2) is 13.4 Å². The molecule has 1 fully saturated rings. The molecule has 7 heteroatoms. The molecule has 3 rings (SSSR count). The largest absolute Gasteiger partial charge is 0.279 e. The minimum absolute atomic E-state index is 0.0872. The maximum Gasteiger partial charge on any atom is 0.261 e. The Balaban J connectivity index is 2.15. The van der Waals surface area contributed by atoms with Crippen molar-refractivity contribution < 1.29 is 8.42 Å². The van der Waals surface area contributed by atoms with Gasteiger partial charge < -0.3 is 0 Å². The van der Waals surface area contributed by atoms with Crippen LogP contribution in [-0.2, 0) is 10.0 Å². The lowest BCUT2D eigenvalue weighted by Crippen LogP contribution is -2.33. The molecule has 3 heterocycles. The number of sulfonamides is 1. The molecule has 0 aromatic carbocycles. The molecule has 1 saturated heterocycles. The Kier molecular flexibility index (Phi) is 4.31. The topological polar surface area (TPSA) is 54.7 Å². The number of aryl methyl sites for hydroxylation is 1. The molecule has 5 nitrogen and oxygen atoms in total.